The molecule has 0 aromatic carbocycles. The number of nitrogens with one attached hydrogen (secondary N) is 1. The van der Waals surface area contributed by atoms with Crippen molar-refractivity contribution < 1.29 is 24.2 Å². The lowest BCUT2D eigenvalue weighted by atomic mass is 10.0. The summed E-state index contributed by atoms with van der Waals surface area (Å²) >= 11 is 0. The molecule has 1 unspecified atom stereocenters. The molecule has 0 aliphatic rings. The van der Waals surface area contributed by atoms with Crippen LogP contribution < -0.4 is 5.32 Å². The molecule has 6 heteroatoms. The molecule has 6 nitrogen and oxygen atoms in total. The fourth-order valence-electron chi connectivity index (χ4n) is 6.78. The highest BCUT2D eigenvalue weighted by molar-refractivity contribution is 5.80. The normalized spacial score (nSPS) is 12.6. The van der Waals surface area contributed by atoms with Gasteiger partial charge in [-0.05, 0) is 83.5 Å². The standard InChI is InChI=1S/C50H87NO5/c1-3-5-7-9-11-13-15-17-19-20-21-22-24-26-28-30-32-37-41-45-50(55)56-47(43-39-35-33-36-40-44-48(52)51-46-49(53)54)42-38-34-31-29-27-25-23-18-16-14-12-10-8-6-4-2/h5,7,11,13,17,19,21-22,26,28,47H,3-4,6,8-10,12,14-16,18,20,23-25,27,29-46H2,1-2H3,(H,51,52)(H,53,54)/b7-5-,13-11-,19-17-,22-21-,28-26-. The third-order valence-electron chi connectivity index (χ3n) is 10.2. The van der Waals surface area contributed by atoms with Gasteiger partial charge in [-0.15, -0.1) is 0 Å². The van der Waals surface area contributed by atoms with E-state index >= 15 is 0 Å². The Morgan fingerprint density at radius 3 is 1.34 bits per heavy atom. The first-order chi connectivity index (χ1) is 27.5. The van der Waals surface area contributed by atoms with Crippen LogP contribution in [-0.4, -0.2) is 35.6 Å². The van der Waals surface area contributed by atoms with Gasteiger partial charge in [0.1, 0.15) is 12.6 Å². The Hall–Kier alpha value is -2.89. The Balaban J connectivity index is 4.23. The maximum absolute atomic E-state index is 12.8. The van der Waals surface area contributed by atoms with Crippen LogP contribution in [0.4, 0.5) is 0 Å². The maximum Gasteiger partial charge on any atom is 0.322 e. The fraction of sp³-hybridized carbons (Fsp3) is 0.740. The first-order valence-electron chi connectivity index (χ1n) is 23.4. The molecule has 0 aliphatic heterocycles. The van der Waals surface area contributed by atoms with Crippen molar-refractivity contribution in [3.05, 3.63) is 60.8 Å². The molecule has 0 rings (SSSR count). The van der Waals surface area contributed by atoms with Gasteiger partial charge in [-0.1, -0.05) is 190 Å². The number of unbranched alkanes of at least 4 members (excludes halogenated alkanes) is 21. The van der Waals surface area contributed by atoms with E-state index in [1.54, 1.807) is 0 Å². The van der Waals surface area contributed by atoms with Crippen LogP contribution in [-0.2, 0) is 19.1 Å². The Morgan fingerprint density at radius 2 is 0.875 bits per heavy atom. The lowest BCUT2D eigenvalue weighted by Crippen LogP contribution is -2.28. The topological polar surface area (TPSA) is 92.7 Å². The van der Waals surface area contributed by atoms with E-state index in [0.29, 0.717) is 12.8 Å². The molecule has 0 spiro atoms. The minimum absolute atomic E-state index is 0.00700. The van der Waals surface area contributed by atoms with Gasteiger partial charge in [-0.3, -0.25) is 14.4 Å². The van der Waals surface area contributed by atoms with Gasteiger partial charge < -0.3 is 15.2 Å². The number of amides is 1. The molecule has 0 bridgehead atoms. The molecular weight excluding hydrogens is 695 g/mol. The van der Waals surface area contributed by atoms with Crippen LogP contribution in [0.25, 0.3) is 0 Å². The lowest BCUT2D eigenvalue weighted by Gasteiger charge is -2.18. The van der Waals surface area contributed by atoms with Crippen LogP contribution in [0.15, 0.2) is 60.8 Å². The summed E-state index contributed by atoms with van der Waals surface area (Å²) in [6.07, 6.45) is 59.2. The number of hydrogen-bond donors (Lipinski definition) is 2. The van der Waals surface area contributed by atoms with E-state index in [1.807, 2.05) is 0 Å². The van der Waals surface area contributed by atoms with Crippen LogP contribution in [0.3, 0.4) is 0 Å². The molecular formula is C50H87NO5. The summed E-state index contributed by atoms with van der Waals surface area (Å²) in [5, 5.41) is 11.1. The average molecular weight is 782 g/mol. The van der Waals surface area contributed by atoms with E-state index in [9.17, 15) is 14.4 Å². The van der Waals surface area contributed by atoms with Crippen molar-refractivity contribution in [3.8, 4) is 0 Å². The van der Waals surface area contributed by atoms with Gasteiger partial charge >= 0.3 is 11.9 Å². The molecule has 0 saturated heterocycles. The number of carboxylic acid groups (broad SMARTS) is 1. The Morgan fingerprint density at radius 1 is 0.482 bits per heavy atom. The lowest BCUT2D eigenvalue weighted by molar-refractivity contribution is -0.150. The summed E-state index contributed by atoms with van der Waals surface area (Å²) in [6, 6.07) is 0. The number of carbonyl (C=O) groups is 3. The predicted molar refractivity (Wildman–Crippen MR) is 240 cm³/mol. The van der Waals surface area contributed by atoms with Gasteiger partial charge in [0.15, 0.2) is 0 Å². The zero-order valence-electron chi connectivity index (χ0n) is 36.5. The molecule has 0 heterocycles. The molecule has 0 radical (unpaired) electrons. The quantitative estimate of drug-likeness (QED) is 0.0365. The average Bonchev–Trinajstić information content (AvgIpc) is 3.18. The van der Waals surface area contributed by atoms with Crippen molar-refractivity contribution in [1.82, 2.24) is 5.32 Å². The molecule has 0 aromatic rings. The minimum Gasteiger partial charge on any atom is -0.480 e. The highest BCUT2D eigenvalue weighted by atomic mass is 16.5. The fourth-order valence-corrected chi connectivity index (χ4v) is 6.78. The monoisotopic (exact) mass is 782 g/mol. The highest BCUT2D eigenvalue weighted by Crippen LogP contribution is 2.19. The number of hydrogen-bond acceptors (Lipinski definition) is 4. The Labute approximate surface area is 345 Å². The van der Waals surface area contributed by atoms with Gasteiger partial charge in [0.25, 0.3) is 0 Å². The van der Waals surface area contributed by atoms with Crippen molar-refractivity contribution in [2.75, 3.05) is 6.54 Å². The molecule has 2 N–H and O–H groups in total. The second-order valence-corrected chi connectivity index (χ2v) is 15.6. The number of rotatable bonds is 42. The molecule has 322 valence electrons. The first kappa shape index (κ1) is 53.1. The SMILES string of the molecule is CC/C=C\C/C=C\C/C=C\C/C=C\C/C=C\CCCCCC(=O)OC(CCCCCCCCCCCCCCCCC)CCCCCCCC(=O)NCC(=O)O. The first-order valence-corrected chi connectivity index (χ1v) is 23.4. The number of carboxylic acids is 1. The van der Waals surface area contributed by atoms with Crippen molar-refractivity contribution in [2.24, 2.45) is 0 Å². The molecule has 0 fully saturated rings. The highest BCUT2D eigenvalue weighted by Gasteiger charge is 2.14. The largest absolute Gasteiger partial charge is 0.480 e. The van der Waals surface area contributed by atoms with Gasteiger partial charge in [-0.25, -0.2) is 0 Å². The summed E-state index contributed by atoms with van der Waals surface area (Å²) in [6.45, 7) is 4.12. The second kappa shape index (κ2) is 44.8. The van der Waals surface area contributed by atoms with E-state index in [1.165, 1.54) is 89.9 Å². The molecule has 1 amide bonds. The van der Waals surface area contributed by atoms with Crippen molar-refractivity contribution >= 4 is 17.8 Å². The van der Waals surface area contributed by atoms with Crippen molar-refractivity contribution in [2.45, 2.75) is 232 Å². The summed E-state index contributed by atoms with van der Waals surface area (Å²) in [7, 11) is 0. The Kier molecular flexibility index (Phi) is 42.5. The molecule has 56 heavy (non-hydrogen) atoms. The molecule has 0 aromatic heterocycles. The summed E-state index contributed by atoms with van der Waals surface area (Å²) in [5.74, 6) is -1.26. The van der Waals surface area contributed by atoms with E-state index < -0.39 is 5.97 Å². The van der Waals surface area contributed by atoms with E-state index in [4.69, 9.17) is 9.84 Å². The van der Waals surface area contributed by atoms with Gasteiger partial charge in [0.05, 0.1) is 0 Å². The zero-order chi connectivity index (χ0) is 40.8. The summed E-state index contributed by atoms with van der Waals surface area (Å²) in [4.78, 5) is 35.1. The van der Waals surface area contributed by atoms with Gasteiger partial charge in [0, 0.05) is 12.8 Å². The van der Waals surface area contributed by atoms with E-state index in [0.717, 1.165) is 109 Å². The third-order valence-corrected chi connectivity index (χ3v) is 10.2. The summed E-state index contributed by atoms with van der Waals surface area (Å²) < 4.78 is 6.04. The smallest absolute Gasteiger partial charge is 0.322 e. The van der Waals surface area contributed by atoms with Gasteiger partial charge in [0.2, 0.25) is 5.91 Å². The molecule has 0 saturated carbocycles. The van der Waals surface area contributed by atoms with Crippen molar-refractivity contribution in [3.63, 3.8) is 0 Å². The number of allylic oxidation sites excluding steroid dienone is 10. The summed E-state index contributed by atoms with van der Waals surface area (Å²) in [5.41, 5.74) is 0. The van der Waals surface area contributed by atoms with Crippen LogP contribution in [0.5, 0.6) is 0 Å². The predicted octanol–water partition coefficient (Wildman–Crippen LogP) is 14.8. The number of carbonyl (C=O) groups excluding carboxylic acids is 2. The van der Waals surface area contributed by atoms with Crippen LogP contribution in [0, 0.1) is 0 Å². The van der Waals surface area contributed by atoms with E-state index in [-0.39, 0.29) is 24.5 Å². The number of aliphatic carboxylic acids is 1. The van der Waals surface area contributed by atoms with Gasteiger partial charge in [-0.2, -0.15) is 0 Å². The molecule has 1 atom stereocenters. The van der Waals surface area contributed by atoms with Crippen LogP contribution in [0.1, 0.15) is 226 Å². The van der Waals surface area contributed by atoms with Crippen molar-refractivity contribution in [1.29, 1.82) is 0 Å². The number of esters is 1. The third kappa shape index (κ3) is 43.8. The zero-order valence-corrected chi connectivity index (χ0v) is 36.5. The molecule has 0 aliphatic carbocycles. The maximum atomic E-state index is 12.8. The minimum atomic E-state index is -1.02. The Bertz CT molecular complexity index is 1040. The van der Waals surface area contributed by atoms with Crippen LogP contribution in [0.2, 0.25) is 0 Å². The van der Waals surface area contributed by atoms with Crippen LogP contribution >= 0.6 is 0 Å². The number of ether oxygens (including phenoxy) is 1. The van der Waals surface area contributed by atoms with E-state index in [2.05, 4.69) is 79.9 Å². The second-order valence-electron chi connectivity index (χ2n) is 15.6.